The number of ether oxygens (including phenoxy) is 1. The van der Waals surface area contributed by atoms with Crippen LogP contribution in [0.5, 0.6) is 0 Å². The van der Waals surface area contributed by atoms with Gasteiger partial charge in [0.1, 0.15) is 0 Å². The van der Waals surface area contributed by atoms with Gasteiger partial charge in [-0.15, -0.1) is 0 Å². The normalized spacial score (nSPS) is 23.8. The monoisotopic (exact) mass is 262 g/mol. The minimum Gasteiger partial charge on any atom is -0.465 e. The fourth-order valence-corrected chi connectivity index (χ4v) is 2.45. The van der Waals surface area contributed by atoms with E-state index in [4.69, 9.17) is 4.74 Å². The molecule has 0 saturated carbocycles. The Morgan fingerprint density at radius 1 is 1.26 bits per heavy atom. The van der Waals surface area contributed by atoms with Crippen LogP contribution in [-0.2, 0) is 4.74 Å². The van der Waals surface area contributed by atoms with Crippen molar-refractivity contribution >= 4 is 11.7 Å². The smallest absolute Gasteiger partial charge is 0.337 e. The number of rotatable bonds is 2. The Labute approximate surface area is 114 Å². The van der Waals surface area contributed by atoms with E-state index >= 15 is 0 Å². The number of benzene rings is 1. The van der Waals surface area contributed by atoms with E-state index in [0.29, 0.717) is 17.5 Å². The summed E-state index contributed by atoms with van der Waals surface area (Å²) < 4.78 is 4.71. The molecule has 1 saturated heterocycles. The average Bonchev–Trinajstić information content (AvgIpc) is 2.60. The average molecular weight is 262 g/mol. The zero-order chi connectivity index (χ0) is 13.8. The van der Waals surface area contributed by atoms with Crippen molar-refractivity contribution in [1.29, 1.82) is 0 Å². The molecule has 0 aliphatic carbocycles. The third-order valence-electron chi connectivity index (χ3n) is 3.49. The van der Waals surface area contributed by atoms with Gasteiger partial charge in [-0.1, -0.05) is 6.92 Å². The molecule has 2 rings (SSSR count). The molecule has 1 N–H and O–H groups in total. The lowest BCUT2D eigenvalue weighted by Crippen LogP contribution is -2.35. The Morgan fingerprint density at radius 3 is 2.58 bits per heavy atom. The molecule has 1 heterocycles. The van der Waals surface area contributed by atoms with E-state index in [2.05, 4.69) is 24.1 Å². The predicted molar refractivity (Wildman–Crippen MR) is 76.6 cm³/mol. The van der Waals surface area contributed by atoms with E-state index < -0.39 is 0 Å². The number of hydrogen-bond acceptors (Lipinski definition) is 4. The molecule has 1 aromatic carbocycles. The van der Waals surface area contributed by atoms with Crippen LogP contribution in [0.4, 0.5) is 5.69 Å². The molecule has 0 radical (unpaired) electrons. The summed E-state index contributed by atoms with van der Waals surface area (Å²) in [5.41, 5.74) is 1.76. The van der Waals surface area contributed by atoms with Crippen LogP contribution in [0, 0.1) is 5.92 Å². The molecule has 0 amide bonds. The summed E-state index contributed by atoms with van der Waals surface area (Å²) in [7, 11) is 1.40. The molecule has 1 fully saturated rings. The zero-order valence-corrected chi connectivity index (χ0v) is 11.8. The summed E-state index contributed by atoms with van der Waals surface area (Å²) in [6.07, 6.45) is 0. The first-order chi connectivity index (χ1) is 9.10. The van der Waals surface area contributed by atoms with Gasteiger partial charge >= 0.3 is 5.97 Å². The molecular formula is C15H22N2O2. The number of nitrogens with one attached hydrogen (secondary N) is 1. The van der Waals surface area contributed by atoms with Crippen molar-refractivity contribution in [3.63, 3.8) is 0 Å². The minimum absolute atomic E-state index is 0.286. The number of anilines is 1. The first-order valence-corrected chi connectivity index (χ1v) is 6.77. The van der Waals surface area contributed by atoms with Crippen molar-refractivity contribution in [2.75, 3.05) is 31.6 Å². The molecule has 4 nitrogen and oxygen atoms in total. The van der Waals surface area contributed by atoms with Crippen LogP contribution < -0.4 is 10.2 Å². The third-order valence-corrected chi connectivity index (χ3v) is 3.49. The highest BCUT2D eigenvalue weighted by Crippen LogP contribution is 2.19. The summed E-state index contributed by atoms with van der Waals surface area (Å²) in [5, 5.41) is 3.52. The van der Waals surface area contributed by atoms with Crippen LogP contribution >= 0.6 is 0 Å². The van der Waals surface area contributed by atoms with E-state index in [1.807, 2.05) is 24.3 Å². The van der Waals surface area contributed by atoms with Crippen molar-refractivity contribution in [3.8, 4) is 0 Å². The van der Waals surface area contributed by atoms with Gasteiger partial charge in [-0.2, -0.15) is 0 Å². The summed E-state index contributed by atoms with van der Waals surface area (Å²) in [5.74, 6) is 0.330. The Morgan fingerprint density at radius 2 is 1.95 bits per heavy atom. The van der Waals surface area contributed by atoms with Crippen molar-refractivity contribution in [2.24, 2.45) is 5.92 Å². The molecule has 0 aromatic heterocycles. The fourth-order valence-electron chi connectivity index (χ4n) is 2.45. The van der Waals surface area contributed by atoms with Gasteiger partial charge in [0.25, 0.3) is 0 Å². The first-order valence-electron chi connectivity index (χ1n) is 6.77. The molecular weight excluding hydrogens is 240 g/mol. The Hall–Kier alpha value is -1.55. The maximum absolute atomic E-state index is 11.4. The highest BCUT2D eigenvalue weighted by molar-refractivity contribution is 5.89. The molecule has 19 heavy (non-hydrogen) atoms. The second-order valence-corrected chi connectivity index (χ2v) is 5.36. The highest BCUT2D eigenvalue weighted by atomic mass is 16.5. The fraction of sp³-hybridized carbons (Fsp3) is 0.533. The SMILES string of the molecule is COC(=O)c1ccc(N2CC(C)CNC(C)C2)cc1. The lowest BCUT2D eigenvalue weighted by molar-refractivity contribution is 0.0601. The summed E-state index contributed by atoms with van der Waals surface area (Å²) in [4.78, 5) is 13.8. The minimum atomic E-state index is -0.286. The number of carbonyl (C=O) groups excluding carboxylic acids is 1. The number of nitrogens with zero attached hydrogens (tertiary/aromatic N) is 1. The van der Waals surface area contributed by atoms with Gasteiger partial charge in [-0.3, -0.25) is 0 Å². The number of carbonyl (C=O) groups is 1. The molecule has 4 heteroatoms. The van der Waals surface area contributed by atoms with Crippen LogP contribution in [0.1, 0.15) is 24.2 Å². The molecule has 104 valence electrons. The van der Waals surface area contributed by atoms with Gasteiger partial charge < -0.3 is 15.0 Å². The van der Waals surface area contributed by atoms with Crippen LogP contribution in [0.2, 0.25) is 0 Å². The Balaban J connectivity index is 2.14. The third kappa shape index (κ3) is 3.47. The number of hydrogen-bond donors (Lipinski definition) is 1. The van der Waals surface area contributed by atoms with Crippen molar-refractivity contribution in [3.05, 3.63) is 29.8 Å². The van der Waals surface area contributed by atoms with Crippen LogP contribution in [0.25, 0.3) is 0 Å². The van der Waals surface area contributed by atoms with Crippen molar-refractivity contribution in [2.45, 2.75) is 19.9 Å². The molecule has 1 aliphatic rings. The van der Waals surface area contributed by atoms with E-state index in [-0.39, 0.29) is 5.97 Å². The maximum Gasteiger partial charge on any atom is 0.337 e. The number of methoxy groups -OCH3 is 1. The first kappa shape index (κ1) is 13.9. The van der Waals surface area contributed by atoms with Gasteiger partial charge in [-0.05, 0) is 43.7 Å². The van der Waals surface area contributed by atoms with E-state index in [0.717, 1.165) is 25.3 Å². The number of esters is 1. The van der Waals surface area contributed by atoms with Crippen molar-refractivity contribution < 1.29 is 9.53 Å². The zero-order valence-electron chi connectivity index (χ0n) is 11.8. The topological polar surface area (TPSA) is 41.6 Å². The predicted octanol–water partition coefficient (Wildman–Crippen LogP) is 1.91. The van der Waals surface area contributed by atoms with Gasteiger partial charge in [0.2, 0.25) is 0 Å². The standard InChI is InChI=1S/C15H22N2O2/c1-11-8-16-12(2)10-17(9-11)14-6-4-13(5-7-14)15(18)19-3/h4-7,11-12,16H,8-10H2,1-3H3. The Bertz CT molecular complexity index is 418. The molecule has 2 unspecified atom stereocenters. The lowest BCUT2D eigenvalue weighted by Gasteiger charge is -2.26. The largest absolute Gasteiger partial charge is 0.465 e. The van der Waals surface area contributed by atoms with Gasteiger partial charge in [0, 0.05) is 24.8 Å². The van der Waals surface area contributed by atoms with Gasteiger partial charge in [0.15, 0.2) is 0 Å². The van der Waals surface area contributed by atoms with E-state index in [1.54, 1.807) is 0 Å². The van der Waals surface area contributed by atoms with Gasteiger partial charge in [0.05, 0.1) is 12.7 Å². The van der Waals surface area contributed by atoms with Crippen LogP contribution in [0.15, 0.2) is 24.3 Å². The van der Waals surface area contributed by atoms with Crippen LogP contribution in [-0.4, -0.2) is 38.8 Å². The molecule has 0 spiro atoms. The Kier molecular flexibility index (Phi) is 4.43. The van der Waals surface area contributed by atoms with Gasteiger partial charge in [-0.25, -0.2) is 4.79 Å². The van der Waals surface area contributed by atoms with E-state index in [9.17, 15) is 4.79 Å². The highest BCUT2D eigenvalue weighted by Gasteiger charge is 2.19. The quantitative estimate of drug-likeness (QED) is 0.827. The second-order valence-electron chi connectivity index (χ2n) is 5.36. The molecule has 0 bridgehead atoms. The summed E-state index contributed by atoms with van der Waals surface area (Å²) in [6.45, 7) is 7.53. The summed E-state index contributed by atoms with van der Waals surface area (Å²) >= 11 is 0. The second kappa shape index (κ2) is 6.06. The van der Waals surface area contributed by atoms with Crippen LogP contribution in [0.3, 0.4) is 0 Å². The lowest BCUT2D eigenvalue weighted by atomic mass is 10.1. The van der Waals surface area contributed by atoms with Crippen molar-refractivity contribution in [1.82, 2.24) is 5.32 Å². The van der Waals surface area contributed by atoms with E-state index in [1.165, 1.54) is 7.11 Å². The summed E-state index contributed by atoms with van der Waals surface area (Å²) in [6, 6.07) is 8.13. The molecule has 2 atom stereocenters. The maximum atomic E-state index is 11.4. The molecule has 1 aliphatic heterocycles. The molecule has 1 aromatic rings.